The molecule has 0 saturated heterocycles. The summed E-state index contributed by atoms with van der Waals surface area (Å²) in [5, 5.41) is 3.40. The highest BCUT2D eigenvalue weighted by molar-refractivity contribution is 5.19. The summed E-state index contributed by atoms with van der Waals surface area (Å²) in [7, 11) is 0. The van der Waals surface area contributed by atoms with Crippen LogP contribution in [0, 0.1) is 5.82 Å². The van der Waals surface area contributed by atoms with E-state index in [1.165, 1.54) is 6.07 Å². The summed E-state index contributed by atoms with van der Waals surface area (Å²) >= 11 is 0. The topological polar surface area (TPSA) is 12.0 Å². The molecule has 0 aromatic heterocycles. The van der Waals surface area contributed by atoms with Crippen LogP contribution in [0.15, 0.2) is 24.3 Å². The molecular weight excluding hydrogens is 177 g/mol. The Morgan fingerprint density at radius 2 is 1.93 bits per heavy atom. The normalized spacial score (nSPS) is 14.1. The molecule has 0 heterocycles. The minimum Gasteiger partial charge on any atom is -0.306 e. The molecule has 0 unspecified atom stereocenters. The molecular formula is C12H18FN. The van der Waals surface area contributed by atoms with Gasteiger partial charge >= 0.3 is 0 Å². The second kappa shape index (κ2) is 4.09. The monoisotopic (exact) mass is 195 g/mol. The van der Waals surface area contributed by atoms with E-state index in [2.05, 4.69) is 26.1 Å². The summed E-state index contributed by atoms with van der Waals surface area (Å²) < 4.78 is 12.9. The van der Waals surface area contributed by atoms with Crippen LogP contribution in [0.1, 0.15) is 39.3 Å². The van der Waals surface area contributed by atoms with E-state index in [0.29, 0.717) is 0 Å². The van der Waals surface area contributed by atoms with Gasteiger partial charge in [-0.25, -0.2) is 4.39 Å². The fourth-order valence-corrected chi connectivity index (χ4v) is 1.51. The molecule has 0 aliphatic carbocycles. The Morgan fingerprint density at radius 3 is 2.43 bits per heavy atom. The van der Waals surface area contributed by atoms with Crippen molar-refractivity contribution in [3.8, 4) is 0 Å². The molecule has 0 fully saturated rings. The van der Waals surface area contributed by atoms with Gasteiger partial charge < -0.3 is 5.32 Å². The van der Waals surface area contributed by atoms with Crippen molar-refractivity contribution >= 4 is 0 Å². The summed E-state index contributed by atoms with van der Waals surface area (Å²) in [5.41, 5.74) is 1.03. The smallest absolute Gasteiger partial charge is 0.123 e. The van der Waals surface area contributed by atoms with Crippen LogP contribution < -0.4 is 5.32 Å². The van der Waals surface area contributed by atoms with Crippen LogP contribution in [-0.4, -0.2) is 5.54 Å². The Morgan fingerprint density at radius 1 is 1.29 bits per heavy atom. The van der Waals surface area contributed by atoms with Crippen molar-refractivity contribution in [2.24, 2.45) is 0 Å². The summed E-state index contributed by atoms with van der Waals surface area (Å²) in [5.74, 6) is -0.176. The predicted octanol–water partition coefficient (Wildman–Crippen LogP) is 3.27. The van der Waals surface area contributed by atoms with Gasteiger partial charge in [0.15, 0.2) is 0 Å². The van der Waals surface area contributed by atoms with Gasteiger partial charge in [0.05, 0.1) is 0 Å². The highest BCUT2D eigenvalue weighted by Gasteiger charge is 2.14. The van der Waals surface area contributed by atoms with Gasteiger partial charge in [0.25, 0.3) is 0 Å². The quantitative estimate of drug-likeness (QED) is 0.763. The van der Waals surface area contributed by atoms with E-state index in [1.54, 1.807) is 12.1 Å². The molecule has 1 atom stereocenters. The van der Waals surface area contributed by atoms with Crippen molar-refractivity contribution in [2.45, 2.75) is 39.3 Å². The molecule has 0 aliphatic rings. The molecule has 0 aliphatic heterocycles. The third-order valence-corrected chi connectivity index (χ3v) is 2.00. The highest BCUT2D eigenvalue weighted by atomic mass is 19.1. The van der Waals surface area contributed by atoms with E-state index in [1.807, 2.05) is 13.0 Å². The van der Waals surface area contributed by atoms with Crippen LogP contribution in [0.3, 0.4) is 0 Å². The largest absolute Gasteiger partial charge is 0.306 e. The van der Waals surface area contributed by atoms with Crippen LogP contribution in [-0.2, 0) is 0 Å². The van der Waals surface area contributed by atoms with E-state index in [0.717, 1.165) is 5.56 Å². The van der Waals surface area contributed by atoms with Gasteiger partial charge in [0.2, 0.25) is 0 Å². The van der Waals surface area contributed by atoms with Crippen molar-refractivity contribution in [1.82, 2.24) is 5.32 Å². The van der Waals surface area contributed by atoms with Crippen LogP contribution in [0.25, 0.3) is 0 Å². The standard InChI is InChI=1S/C12H18FN/c1-9(14-12(2,3)4)10-6-5-7-11(13)8-10/h5-9,14H,1-4H3/t9-/m1/s1. The number of benzene rings is 1. The van der Waals surface area contributed by atoms with Gasteiger partial charge in [-0.3, -0.25) is 0 Å². The average molecular weight is 195 g/mol. The Bertz CT molecular complexity index is 301. The summed E-state index contributed by atoms with van der Waals surface area (Å²) in [6, 6.07) is 6.89. The fourth-order valence-electron chi connectivity index (χ4n) is 1.51. The number of hydrogen-bond acceptors (Lipinski definition) is 1. The zero-order valence-electron chi connectivity index (χ0n) is 9.26. The molecule has 0 bridgehead atoms. The zero-order chi connectivity index (χ0) is 10.8. The molecule has 1 rings (SSSR count). The second-order valence-corrected chi connectivity index (χ2v) is 4.67. The predicted molar refractivity (Wildman–Crippen MR) is 57.7 cm³/mol. The molecule has 14 heavy (non-hydrogen) atoms. The lowest BCUT2D eigenvalue weighted by Crippen LogP contribution is -2.37. The number of nitrogens with one attached hydrogen (secondary N) is 1. The molecule has 78 valence electrons. The minimum atomic E-state index is -0.176. The third-order valence-electron chi connectivity index (χ3n) is 2.00. The van der Waals surface area contributed by atoms with E-state index >= 15 is 0 Å². The Labute approximate surface area is 85.3 Å². The maximum atomic E-state index is 12.9. The van der Waals surface area contributed by atoms with Crippen LogP contribution in [0.5, 0.6) is 0 Å². The van der Waals surface area contributed by atoms with Gasteiger partial charge in [0.1, 0.15) is 5.82 Å². The van der Waals surface area contributed by atoms with Gasteiger partial charge in [-0.1, -0.05) is 12.1 Å². The van der Waals surface area contributed by atoms with Crippen molar-refractivity contribution in [3.05, 3.63) is 35.6 Å². The summed E-state index contributed by atoms with van der Waals surface area (Å²) in [6.45, 7) is 8.34. The third kappa shape index (κ3) is 3.46. The fraction of sp³-hybridized carbons (Fsp3) is 0.500. The number of halogens is 1. The van der Waals surface area contributed by atoms with Crippen molar-refractivity contribution in [1.29, 1.82) is 0 Å². The highest BCUT2D eigenvalue weighted by Crippen LogP contribution is 2.16. The van der Waals surface area contributed by atoms with Crippen molar-refractivity contribution in [3.63, 3.8) is 0 Å². The van der Waals surface area contributed by atoms with Crippen LogP contribution in [0.2, 0.25) is 0 Å². The first-order valence-electron chi connectivity index (χ1n) is 4.92. The van der Waals surface area contributed by atoms with E-state index < -0.39 is 0 Å². The summed E-state index contributed by atoms with van der Waals surface area (Å²) in [4.78, 5) is 0. The molecule has 1 aromatic carbocycles. The van der Waals surface area contributed by atoms with Gasteiger partial charge in [0, 0.05) is 11.6 Å². The lowest BCUT2D eigenvalue weighted by atomic mass is 10.0. The maximum Gasteiger partial charge on any atom is 0.123 e. The molecule has 0 saturated carbocycles. The molecule has 1 nitrogen and oxygen atoms in total. The van der Waals surface area contributed by atoms with Gasteiger partial charge in [-0.2, -0.15) is 0 Å². The molecule has 1 N–H and O–H groups in total. The number of hydrogen-bond donors (Lipinski definition) is 1. The molecule has 2 heteroatoms. The number of rotatable bonds is 2. The van der Waals surface area contributed by atoms with Crippen LogP contribution in [0.4, 0.5) is 4.39 Å². The first kappa shape index (κ1) is 11.2. The van der Waals surface area contributed by atoms with Crippen molar-refractivity contribution in [2.75, 3.05) is 0 Å². The van der Waals surface area contributed by atoms with E-state index in [9.17, 15) is 4.39 Å². The lowest BCUT2D eigenvalue weighted by molar-refractivity contribution is 0.377. The van der Waals surface area contributed by atoms with E-state index in [4.69, 9.17) is 0 Å². The first-order chi connectivity index (χ1) is 6.38. The average Bonchev–Trinajstić information content (AvgIpc) is 2.01. The Kier molecular flexibility index (Phi) is 3.27. The first-order valence-corrected chi connectivity index (χ1v) is 4.92. The molecule has 0 amide bonds. The Balaban J connectivity index is 2.74. The van der Waals surface area contributed by atoms with Crippen molar-refractivity contribution < 1.29 is 4.39 Å². The van der Waals surface area contributed by atoms with Crippen LogP contribution >= 0.6 is 0 Å². The molecule has 1 aromatic rings. The molecule has 0 radical (unpaired) electrons. The zero-order valence-corrected chi connectivity index (χ0v) is 9.26. The lowest BCUT2D eigenvalue weighted by Gasteiger charge is -2.26. The minimum absolute atomic E-state index is 0.0474. The summed E-state index contributed by atoms with van der Waals surface area (Å²) in [6.07, 6.45) is 0. The molecule has 0 spiro atoms. The van der Waals surface area contributed by atoms with Gasteiger partial charge in [-0.05, 0) is 45.4 Å². The second-order valence-electron chi connectivity index (χ2n) is 4.67. The van der Waals surface area contributed by atoms with E-state index in [-0.39, 0.29) is 17.4 Å². The maximum absolute atomic E-state index is 12.9. The van der Waals surface area contributed by atoms with Gasteiger partial charge in [-0.15, -0.1) is 0 Å². The Hall–Kier alpha value is -0.890. The SMILES string of the molecule is C[C@@H](NC(C)(C)C)c1cccc(F)c1.